The van der Waals surface area contributed by atoms with Crippen molar-refractivity contribution in [2.45, 2.75) is 13.8 Å². The van der Waals surface area contributed by atoms with Gasteiger partial charge in [0.2, 0.25) is 5.91 Å². The summed E-state index contributed by atoms with van der Waals surface area (Å²) in [5.74, 6) is 0.340. The second-order valence-corrected chi connectivity index (χ2v) is 8.91. The zero-order valence-corrected chi connectivity index (χ0v) is 19.8. The Balaban J connectivity index is 1.69. The van der Waals surface area contributed by atoms with Crippen LogP contribution in [0.15, 0.2) is 36.7 Å². The molecule has 1 aliphatic rings. The van der Waals surface area contributed by atoms with Crippen molar-refractivity contribution in [2.24, 2.45) is 0 Å². The standard InChI is InChI=1S/C22H23ClFN4O4P/c1-3-31-33(32-4-2)12-19(29)28-9-10-30-21-18(28)8-7-17-20(21)22(26-13-25-17)27-14-5-6-16(24)15(23)11-14/h5-8,11,13H,3-4,9-10,12H2,1-2H3,(H,25,26,27). The minimum atomic E-state index is -1.31. The number of fused-ring (bicyclic) bond motifs is 3. The van der Waals surface area contributed by atoms with Gasteiger partial charge in [-0.15, -0.1) is 0 Å². The molecule has 4 rings (SSSR count). The number of aromatic nitrogens is 2. The summed E-state index contributed by atoms with van der Waals surface area (Å²) in [6.07, 6.45) is 1.57. The van der Waals surface area contributed by atoms with Crippen molar-refractivity contribution in [3.8, 4) is 5.75 Å². The van der Waals surface area contributed by atoms with Crippen molar-refractivity contribution < 1.29 is 23.0 Å². The van der Waals surface area contributed by atoms with Gasteiger partial charge in [-0.1, -0.05) is 11.6 Å². The summed E-state index contributed by atoms with van der Waals surface area (Å²) in [7, 11) is -1.31. The van der Waals surface area contributed by atoms with Crippen LogP contribution in [0.1, 0.15) is 13.8 Å². The molecule has 2 aromatic carbocycles. The molecule has 0 saturated heterocycles. The number of nitrogens with one attached hydrogen (secondary N) is 1. The summed E-state index contributed by atoms with van der Waals surface area (Å²) < 4.78 is 30.7. The summed E-state index contributed by atoms with van der Waals surface area (Å²) in [6.45, 7) is 5.42. The van der Waals surface area contributed by atoms with Gasteiger partial charge in [-0.25, -0.2) is 14.4 Å². The summed E-state index contributed by atoms with van der Waals surface area (Å²) in [5.41, 5.74) is 1.82. The summed E-state index contributed by atoms with van der Waals surface area (Å²) in [5, 5.41) is 3.76. The molecule has 1 aliphatic heterocycles. The van der Waals surface area contributed by atoms with Crippen LogP contribution in [0.25, 0.3) is 10.9 Å². The van der Waals surface area contributed by atoms with Crippen molar-refractivity contribution in [3.63, 3.8) is 0 Å². The van der Waals surface area contributed by atoms with E-state index in [9.17, 15) is 9.18 Å². The SMILES string of the molecule is CCOP(CC(=O)N1CCOc2c1ccc1ncnc(Nc3ccc(F)c(Cl)c3)c21)OCC. The van der Waals surface area contributed by atoms with Gasteiger partial charge in [0.25, 0.3) is 0 Å². The molecule has 33 heavy (non-hydrogen) atoms. The van der Waals surface area contributed by atoms with Gasteiger partial charge in [0.1, 0.15) is 24.6 Å². The largest absolute Gasteiger partial charge is 0.489 e. The minimum absolute atomic E-state index is 0.00601. The molecule has 1 N–H and O–H groups in total. The predicted octanol–water partition coefficient (Wildman–Crippen LogP) is 5.28. The van der Waals surface area contributed by atoms with Gasteiger partial charge >= 0.3 is 0 Å². The first-order chi connectivity index (χ1) is 16.0. The van der Waals surface area contributed by atoms with Gasteiger partial charge in [0, 0.05) is 5.69 Å². The van der Waals surface area contributed by atoms with E-state index in [4.69, 9.17) is 25.4 Å². The first-order valence-corrected chi connectivity index (χ1v) is 12.2. The van der Waals surface area contributed by atoms with Crippen molar-refractivity contribution in [2.75, 3.05) is 42.7 Å². The monoisotopic (exact) mass is 492 g/mol. The molecule has 0 spiro atoms. The lowest BCUT2D eigenvalue weighted by molar-refractivity contribution is -0.116. The van der Waals surface area contributed by atoms with Gasteiger partial charge < -0.3 is 24.0 Å². The second kappa shape index (κ2) is 10.6. The molecule has 8 nitrogen and oxygen atoms in total. The first kappa shape index (κ1) is 23.6. The number of rotatable bonds is 8. The topological polar surface area (TPSA) is 85.8 Å². The van der Waals surface area contributed by atoms with E-state index in [1.807, 2.05) is 26.0 Å². The molecular formula is C22H23ClFN4O4P. The Morgan fingerprint density at radius 1 is 1.24 bits per heavy atom. The summed E-state index contributed by atoms with van der Waals surface area (Å²) in [6, 6.07) is 7.92. The van der Waals surface area contributed by atoms with Crippen LogP contribution < -0.4 is 15.0 Å². The number of amides is 1. The Morgan fingerprint density at radius 3 is 2.76 bits per heavy atom. The third kappa shape index (κ3) is 5.17. The van der Waals surface area contributed by atoms with Crippen molar-refractivity contribution >= 4 is 54.0 Å². The Kier molecular flexibility index (Phi) is 7.55. The molecule has 0 unspecified atom stereocenters. The van der Waals surface area contributed by atoms with Crippen LogP contribution in [0.5, 0.6) is 5.75 Å². The Hall–Kier alpha value is -2.58. The van der Waals surface area contributed by atoms with E-state index in [1.54, 1.807) is 11.0 Å². The molecule has 1 aromatic heterocycles. The highest BCUT2D eigenvalue weighted by molar-refractivity contribution is 7.48. The fourth-order valence-corrected chi connectivity index (χ4v) is 4.91. The number of anilines is 3. The number of benzene rings is 2. The van der Waals surface area contributed by atoms with Crippen LogP contribution in [-0.4, -0.2) is 48.4 Å². The molecule has 0 aliphatic carbocycles. The fraction of sp³-hybridized carbons (Fsp3) is 0.318. The maximum absolute atomic E-state index is 13.6. The average molecular weight is 493 g/mol. The third-order valence-corrected chi connectivity index (χ3v) is 6.79. The highest BCUT2D eigenvalue weighted by Gasteiger charge is 2.29. The van der Waals surface area contributed by atoms with Gasteiger partial charge in [0.15, 0.2) is 14.1 Å². The molecule has 11 heteroatoms. The van der Waals surface area contributed by atoms with Gasteiger partial charge in [-0.2, -0.15) is 0 Å². The normalized spacial score (nSPS) is 13.2. The number of hydrogen-bond acceptors (Lipinski definition) is 7. The number of carbonyl (C=O) groups excluding carboxylic acids is 1. The molecule has 0 radical (unpaired) electrons. The number of carbonyl (C=O) groups is 1. The third-order valence-electron chi connectivity index (χ3n) is 4.88. The lowest BCUT2D eigenvalue weighted by Gasteiger charge is -2.31. The van der Waals surface area contributed by atoms with Crippen LogP contribution >= 0.6 is 20.0 Å². The van der Waals surface area contributed by atoms with Crippen LogP contribution in [0.2, 0.25) is 5.02 Å². The molecule has 0 bridgehead atoms. The smallest absolute Gasteiger partial charge is 0.236 e. The van der Waals surface area contributed by atoms with Gasteiger partial charge in [-0.3, -0.25) is 4.79 Å². The molecule has 0 saturated carbocycles. The lowest BCUT2D eigenvalue weighted by Crippen LogP contribution is -2.39. The van der Waals surface area contributed by atoms with E-state index in [1.165, 1.54) is 18.5 Å². The molecule has 3 aromatic rings. The molecule has 0 fully saturated rings. The highest BCUT2D eigenvalue weighted by Crippen LogP contribution is 2.43. The Bertz CT molecular complexity index is 1160. The van der Waals surface area contributed by atoms with E-state index in [0.717, 1.165) is 0 Å². The quantitative estimate of drug-likeness (QED) is 0.428. The second-order valence-electron chi connectivity index (χ2n) is 7.00. The molecule has 1 amide bonds. The van der Waals surface area contributed by atoms with E-state index >= 15 is 0 Å². The van der Waals surface area contributed by atoms with Gasteiger partial charge in [0.05, 0.1) is 47.5 Å². The van der Waals surface area contributed by atoms with Crippen molar-refractivity contribution in [3.05, 3.63) is 47.5 Å². The maximum Gasteiger partial charge on any atom is 0.236 e. The molecule has 2 heterocycles. The summed E-state index contributed by atoms with van der Waals surface area (Å²) in [4.78, 5) is 23.5. The molecular weight excluding hydrogens is 470 g/mol. The first-order valence-electron chi connectivity index (χ1n) is 10.5. The molecule has 0 atom stereocenters. The maximum atomic E-state index is 13.6. The number of halogens is 2. The van der Waals surface area contributed by atoms with E-state index in [-0.39, 0.29) is 17.1 Å². The molecule has 174 valence electrons. The van der Waals surface area contributed by atoms with E-state index < -0.39 is 14.2 Å². The lowest BCUT2D eigenvalue weighted by atomic mass is 10.1. The van der Waals surface area contributed by atoms with Crippen LogP contribution in [-0.2, 0) is 13.8 Å². The Morgan fingerprint density at radius 2 is 2.03 bits per heavy atom. The zero-order chi connectivity index (χ0) is 23.4. The van der Waals surface area contributed by atoms with Gasteiger partial charge in [-0.05, 0) is 44.2 Å². The highest BCUT2D eigenvalue weighted by atomic mass is 35.5. The number of ether oxygens (including phenoxy) is 1. The fourth-order valence-electron chi connectivity index (χ4n) is 3.51. The Labute approximate surface area is 196 Å². The van der Waals surface area contributed by atoms with Crippen LogP contribution in [0.3, 0.4) is 0 Å². The number of hydrogen-bond donors (Lipinski definition) is 1. The number of nitrogens with zero attached hydrogens (tertiary/aromatic N) is 3. The minimum Gasteiger partial charge on any atom is -0.489 e. The zero-order valence-electron chi connectivity index (χ0n) is 18.2. The van der Waals surface area contributed by atoms with Crippen LogP contribution in [0, 0.1) is 5.82 Å². The van der Waals surface area contributed by atoms with E-state index in [0.29, 0.717) is 60.2 Å². The average Bonchev–Trinajstić information content (AvgIpc) is 2.81. The van der Waals surface area contributed by atoms with Crippen LogP contribution in [0.4, 0.5) is 21.6 Å². The summed E-state index contributed by atoms with van der Waals surface area (Å²) >= 11 is 5.92. The van der Waals surface area contributed by atoms with Crippen molar-refractivity contribution in [1.82, 2.24) is 9.97 Å². The van der Waals surface area contributed by atoms with Crippen molar-refractivity contribution in [1.29, 1.82) is 0 Å². The van der Waals surface area contributed by atoms with E-state index in [2.05, 4.69) is 15.3 Å². The predicted molar refractivity (Wildman–Crippen MR) is 127 cm³/mol.